The maximum atomic E-state index is 12.8. The Bertz CT molecular complexity index is 835. The highest BCUT2D eigenvalue weighted by Gasteiger charge is 2.51. The quantitative estimate of drug-likeness (QED) is 0.782. The van der Waals surface area contributed by atoms with Gasteiger partial charge in [-0.25, -0.2) is 0 Å². The standard InChI is InChI=1S/C22H28BNO4/c1-15-13-17(23-27-21(2,3)22(4,5)28-23)11-12-18(15)20(26)24-19(14-25)16-9-7-6-8-10-16/h6-13,19,25H,14H2,1-5H3,(H,24,26). The molecule has 1 amide bonds. The first kappa shape index (κ1) is 20.6. The van der Waals surface area contributed by atoms with E-state index in [0.717, 1.165) is 16.6 Å². The first-order valence-corrected chi connectivity index (χ1v) is 9.57. The molecule has 0 bridgehead atoms. The third-order valence-electron chi connectivity index (χ3n) is 5.71. The highest BCUT2D eigenvalue weighted by Crippen LogP contribution is 2.36. The van der Waals surface area contributed by atoms with Gasteiger partial charge in [-0.05, 0) is 57.3 Å². The first-order valence-electron chi connectivity index (χ1n) is 9.57. The Labute approximate surface area is 167 Å². The smallest absolute Gasteiger partial charge is 0.399 e. The Hall–Kier alpha value is -2.15. The van der Waals surface area contributed by atoms with Gasteiger partial charge in [0.2, 0.25) is 0 Å². The topological polar surface area (TPSA) is 67.8 Å². The third kappa shape index (κ3) is 3.99. The molecule has 0 radical (unpaired) electrons. The highest BCUT2D eigenvalue weighted by molar-refractivity contribution is 6.62. The molecule has 0 saturated carbocycles. The number of amides is 1. The number of hydrogen-bond donors (Lipinski definition) is 2. The summed E-state index contributed by atoms with van der Waals surface area (Å²) in [6, 6.07) is 14.6. The summed E-state index contributed by atoms with van der Waals surface area (Å²) >= 11 is 0. The number of carbonyl (C=O) groups excluding carboxylic acids is 1. The summed E-state index contributed by atoms with van der Waals surface area (Å²) in [6.07, 6.45) is 0. The van der Waals surface area contributed by atoms with Crippen molar-refractivity contribution in [3.63, 3.8) is 0 Å². The van der Waals surface area contributed by atoms with Gasteiger partial charge in [-0.2, -0.15) is 0 Å². The van der Waals surface area contributed by atoms with Crippen molar-refractivity contribution in [3.05, 3.63) is 65.2 Å². The molecule has 148 valence electrons. The van der Waals surface area contributed by atoms with Crippen molar-refractivity contribution in [2.75, 3.05) is 6.61 Å². The van der Waals surface area contributed by atoms with Crippen LogP contribution in [0.4, 0.5) is 0 Å². The fourth-order valence-electron chi connectivity index (χ4n) is 3.22. The van der Waals surface area contributed by atoms with Crippen molar-refractivity contribution in [1.29, 1.82) is 0 Å². The number of aryl methyl sites for hydroxylation is 1. The zero-order valence-electron chi connectivity index (χ0n) is 17.2. The van der Waals surface area contributed by atoms with Gasteiger partial charge in [0.05, 0.1) is 23.9 Å². The van der Waals surface area contributed by atoms with Gasteiger partial charge in [0.1, 0.15) is 0 Å². The lowest BCUT2D eigenvalue weighted by atomic mass is 9.78. The minimum atomic E-state index is -0.463. The number of carbonyl (C=O) groups is 1. The minimum Gasteiger partial charge on any atom is -0.399 e. The number of aliphatic hydroxyl groups is 1. The predicted octanol–water partition coefficient (Wildman–Crippen LogP) is 2.76. The molecule has 1 heterocycles. The molecular formula is C22H28BNO4. The molecule has 0 aromatic heterocycles. The van der Waals surface area contributed by atoms with Crippen LogP contribution in [0.5, 0.6) is 0 Å². The summed E-state index contributed by atoms with van der Waals surface area (Å²) in [5.41, 5.74) is 2.32. The van der Waals surface area contributed by atoms with Crippen LogP contribution in [0.2, 0.25) is 0 Å². The number of hydrogen-bond acceptors (Lipinski definition) is 4. The molecular weight excluding hydrogens is 353 g/mol. The monoisotopic (exact) mass is 381 g/mol. The lowest BCUT2D eigenvalue weighted by molar-refractivity contribution is 0.00578. The van der Waals surface area contributed by atoms with E-state index in [1.54, 1.807) is 6.07 Å². The first-order chi connectivity index (χ1) is 13.1. The van der Waals surface area contributed by atoms with Crippen LogP contribution in [0.15, 0.2) is 48.5 Å². The molecule has 1 fully saturated rings. The second kappa shape index (κ2) is 7.70. The van der Waals surface area contributed by atoms with E-state index in [4.69, 9.17) is 9.31 Å². The van der Waals surface area contributed by atoms with Gasteiger partial charge in [0.25, 0.3) is 5.91 Å². The molecule has 0 spiro atoms. The zero-order valence-corrected chi connectivity index (χ0v) is 17.2. The summed E-state index contributed by atoms with van der Waals surface area (Å²) in [4.78, 5) is 12.8. The number of nitrogens with one attached hydrogen (secondary N) is 1. The minimum absolute atomic E-state index is 0.166. The van der Waals surface area contributed by atoms with Crippen LogP contribution in [-0.4, -0.2) is 35.9 Å². The molecule has 3 rings (SSSR count). The van der Waals surface area contributed by atoms with Crippen LogP contribution in [0.3, 0.4) is 0 Å². The normalized spacial score (nSPS) is 18.7. The Morgan fingerprint density at radius 1 is 1.07 bits per heavy atom. The lowest BCUT2D eigenvalue weighted by Gasteiger charge is -2.32. The van der Waals surface area contributed by atoms with Crippen molar-refractivity contribution in [3.8, 4) is 0 Å². The third-order valence-corrected chi connectivity index (χ3v) is 5.71. The van der Waals surface area contributed by atoms with E-state index >= 15 is 0 Å². The molecule has 1 saturated heterocycles. The van der Waals surface area contributed by atoms with Gasteiger partial charge in [-0.15, -0.1) is 0 Å². The van der Waals surface area contributed by atoms with Crippen molar-refractivity contribution in [2.45, 2.75) is 51.9 Å². The van der Waals surface area contributed by atoms with Crippen LogP contribution in [-0.2, 0) is 9.31 Å². The van der Waals surface area contributed by atoms with E-state index in [0.29, 0.717) is 5.56 Å². The van der Waals surface area contributed by atoms with Crippen LogP contribution < -0.4 is 10.8 Å². The van der Waals surface area contributed by atoms with Crippen LogP contribution in [0.1, 0.15) is 55.2 Å². The number of rotatable bonds is 5. The van der Waals surface area contributed by atoms with Crippen LogP contribution >= 0.6 is 0 Å². The molecule has 0 aliphatic carbocycles. The molecule has 2 aromatic rings. The number of benzene rings is 2. The summed E-state index contributed by atoms with van der Waals surface area (Å²) in [5, 5.41) is 12.6. The van der Waals surface area contributed by atoms with Gasteiger partial charge in [-0.1, -0.05) is 42.5 Å². The molecule has 2 N–H and O–H groups in total. The van der Waals surface area contributed by atoms with Crippen LogP contribution in [0.25, 0.3) is 0 Å². The van der Waals surface area contributed by atoms with Gasteiger partial charge in [0.15, 0.2) is 0 Å². The molecule has 1 unspecified atom stereocenters. The summed E-state index contributed by atoms with van der Waals surface area (Å²) in [5.74, 6) is -0.221. The zero-order chi connectivity index (χ0) is 20.5. The molecule has 2 aromatic carbocycles. The van der Waals surface area contributed by atoms with E-state index in [1.165, 1.54) is 0 Å². The fraction of sp³-hybridized carbons (Fsp3) is 0.409. The molecule has 1 atom stereocenters. The highest BCUT2D eigenvalue weighted by atomic mass is 16.7. The lowest BCUT2D eigenvalue weighted by Crippen LogP contribution is -2.41. The van der Waals surface area contributed by atoms with Crippen molar-refractivity contribution >= 4 is 18.5 Å². The van der Waals surface area contributed by atoms with Crippen molar-refractivity contribution < 1.29 is 19.2 Å². The summed E-state index contributed by atoms with van der Waals surface area (Å²) in [6.45, 7) is 9.78. The Kier molecular flexibility index (Phi) is 5.66. The second-order valence-corrected chi connectivity index (χ2v) is 8.28. The van der Waals surface area contributed by atoms with Gasteiger partial charge >= 0.3 is 7.12 Å². The Morgan fingerprint density at radius 3 is 2.21 bits per heavy atom. The van der Waals surface area contributed by atoms with Gasteiger partial charge in [-0.3, -0.25) is 4.79 Å². The molecule has 5 nitrogen and oxygen atoms in total. The number of aliphatic hydroxyl groups excluding tert-OH is 1. The van der Waals surface area contributed by atoms with Gasteiger partial charge in [0, 0.05) is 5.56 Å². The van der Waals surface area contributed by atoms with E-state index in [1.807, 2.05) is 77.1 Å². The average molecular weight is 381 g/mol. The average Bonchev–Trinajstić information content (AvgIpc) is 2.87. The summed E-state index contributed by atoms with van der Waals surface area (Å²) in [7, 11) is -0.463. The Morgan fingerprint density at radius 2 is 1.68 bits per heavy atom. The van der Waals surface area contributed by atoms with E-state index in [2.05, 4.69) is 5.32 Å². The van der Waals surface area contributed by atoms with E-state index in [-0.39, 0.29) is 12.5 Å². The van der Waals surface area contributed by atoms with E-state index in [9.17, 15) is 9.90 Å². The molecule has 1 aliphatic heterocycles. The maximum absolute atomic E-state index is 12.8. The largest absolute Gasteiger partial charge is 0.494 e. The SMILES string of the molecule is Cc1cc(B2OC(C)(C)C(C)(C)O2)ccc1C(=O)NC(CO)c1ccccc1. The molecule has 6 heteroatoms. The van der Waals surface area contributed by atoms with Gasteiger partial charge < -0.3 is 19.7 Å². The van der Waals surface area contributed by atoms with E-state index < -0.39 is 24.4 Å². The second-order valence-electron chi connectivity index (χ2n) is 8.28. The van der Waals surface area contributed by atoms with Crippen molar-refractivity contribution in [2.24, 2.45) is 0 Å². The van der Waals surface area contributed by atoms with Crippen LogP contribution in [0, 0.1) is 6.92 Å². The Balaban J connectivity index is 1.76. The van der Waals surface area contributed by atoms with Crippen molar-refractivity contribution in [1.82, 2.24) is 5.32 Å². The summed E-state index contributed by atoms with van der Waals surface area (Å²) < 4.78 is 12.2. The fourth-order valence-corrected chi connectivity index (χ4v) is 3.22. The molecule has 28 heavy (non-hydrogen) atoms. The maximum Gasteiger partial charge on any atom is 0.494 e. The predicted molar refractivity (Wildman–Crippen MR) is 111 cm³/mol. The molecule has 1 aliphatic rings.